The minimum atomic E-state index is 0.266. The first-order valence-electron chi connectivity index (χ1n) is 7.48. The highest BCUT2D eigenvalue weighted by atomic mass is 14.9. The van der Waals surface area contributed by atoms with Crippen molar-refractivity contribution in [1.29, 1.82) is 5.26 Å². The van der Waals surface area contributed by atoms with Gasteiger partial charge in [0.1, 0.15) is 0 Å². The first-order chi connectivity index (χ1) is 10.8. The summed E-state index contributed by atoms with van der Waals surface area (Å²) in [4.78, 5) is 0. The van der Waals surface area contributed by atoms with E-state index in [1.165, 1.54) is 21.9 Å². The van der Waals surface area contributed by atoms with Gasteiger partial charge in [-0.15, -0.1) is 0 Å². The molecule has 0 amide bonds. The van der Waals surface area contributed by atoms with E-state index in [1.807, 2.05) is 24.3 Å². The summed E-state index contributed by atoms with van der Waals surface area (Å²) in [5, 5.41) is 15.0. The highest BCUT2D eigenvalue weighted by Crippen LogP contribution is 2.24. The van der Waals surface area contributed by atoms with E-state index in [-0.39, 0.29) is 6.04 Å². The first-order valence-corrected chi connectivity index (χ1v) is 7.48. The molecule has 2 nitrogen and oxygen atoms in total. The molecule has 0 aliphatic rings. The molecule has 0 aliphatic heterocycles. The smallest absolute Gasteiger partial charge is 0.0991 e. The van der Waals surface area contributed by atoms with Crippen molar-refractivity contribution in [3.8, 4) is 6.07 Å². The maximum atomic E-state index is 8.83. The Balaban J connectivity index is 1.76. The molecular weight excluding hydrogens is 268 g/mol. The molecular formula is C20H18N2. The van der Waals surface area contributed by atoms with Crippen LogP contribution < -0.4 is 5.32 Å². The molecule has 0 aliphatic carbocycles. The third-order valence-corrected chi connectivity index (χ3v) is 3.99. The highest BCUT2D eigenvalue weighted by Gasteiger charge is 2.08. The summed E-state index contributed by atoms with van der Waals surface area (Å²) < 4.78 is 0. The van der Waals surface area contributed by atoms with Crippen LogP contribution in [0, 0.1) is 11.3 Å². The van der Waals surface area contributed by atoms with Crippen LogP contribution in [0.25, 0.3) is 10.8 Å². The fourth-order valence-corrected chi connectivity index (χ4v) is 2.71. The van der Waals surface area contributed by atoms with Gasteiger partial charge in [0, 0.05) is 12.6 Å². The summed E-state index contributed by atoms with van der Waals surface area (Å²) in [7, 11) is 0. The van der Waals surface area contributed by atoms with E-state index < -0.39 is 0 Å². The van der Waals surface area contributed by atoms with E-state index in [2.05, 4.69) is 60.8 Å². The SMILES string of the molecule is C[C@H](NCc1ccc(C#N)cc1)c1cccc2ccccc12. The second-order valence-corrected chi connectivity index (χ2v) is 5.48. The van der Waals surface area contributed by atoms with E-state index >= 15 is 0 Å². The van der Waals surface area contributed by atoms with E-state index in [4.69, 9.17) is 5.26 Å². The zero-order valence-corrected chi connectivity index (χ0v) is 12.6. The Hall–Kier alpha value is -2.63. The number of hydrogen-bond donors (Lipinski definition) is 1. The van der Waals surface area contributed by atoms with Gasteiger partial charge >= 0.3 is 0 Å². The Kier molecular flexibility index (Phi) is 4.18. The summed E-state index contributed by atoms with van der Waals surface area (Å²) in [6.07, 6.45) is 0. The Morgan fingerprint density at radius 2 is 1.68 bits per heavy atom. The average molecular weight is 286 g/mol. The monoisotopic (exact) mass is 286 g/mol. The molecule has 0 aromatic heterocycles. The molecule has 108 valence electrons. The highest BCUT2D eigenvalue weighted by molar-refractivity contribution is 5.86. The summed E-state index contributed by atoms with van der Waals surface area (Å²) in [6, 6.07) is 25.0. The maximum Gasteiger partial charge on any atom is 0.0991 e. The van der Waals surface area contributed by atoms with Crippen molar-refractivity contribution in [2.75, 3.05) is 0 Å². The van der Waals surface area contributed by atoms with Crippen LogP contribution in [0.15, 0.2) is 66.7 Å². The Labute approximate surface area is 131 Å². The van der Waals surface area contributed by atoms with Crippen molar-refractivity contribution in [3.05, 3.63) is 83.4 Å². The number of benzene rings is 3. The molecule has 3 aromatic carbocycles. The summed E-state index contributed by atoms with van der Waals surface area (Å²) >= 11 is 0. The molecule has 22 heavy (non-hydrogen) atoms. The molecule has 0 fully saturated rings. The van der Waals surface area contributed by atoms with E-state index in [1.54, 1.807) is 0 Å². The molecule has 0 saturated carbocycles. The van der Waals surface area contributed by atoms with E-state index in [9.17, 15) is 0 Å². The zero-order chi connectivity index (χ0) is 15.4. The third-order valence-electron chi connectivity index (χ3n) is 3.99. The van der Waals surface area contributed by atoms with Crippen molar-refractivity contribution in [3.63, 3.8) is 0 Å². The van der Waals surface area contributed by atoms with Crippen LogP contribution >= 0.6 is 0 Å². The van der Waals surface area contributed by atoms with Crippen LogP contribution in [0.5, 0.6) is 0 Å². The summed E-state index contributed by atoms with van der Waals surface area (Å²) in [5.41, 5.74) is 3.20. The molecule has 0 heterocycles. The van der Waals surface area contributed by atoms with Crippen LogP contribution in [-0.4, -0.2) is 0 Å². The number of hydrogen-bond acceptors (Lipinski definition) is 2. The number of rotatable bonds is 4. The normalized spacial score (nSPS) is 12.0. The van der Waals surface area contributed by atoms with Crippen molar-refractivity contribution < 1.29 is 0 Å². The minimum Gasteiger partial charge on any atom is -0.306 e. The molecule has 3 aromatic rings. The van der Waals surface area contributed by atoms with Gasteiger partial charge in [-0.3, -0.25) is 0 Å². The van der Waals surface area contributed by atoms with Gasteiger partial charge < -0.3 is 5.32 Å². The van der Waals surface area contributed by atoms with Crippen LogP contribution in [0.4, 0.5) is 0 Å². The molecule has 0 spiro atoms. The predicted molar refractivity (Wildman–Crippen MR) is 90.4 cm³/mol. The minimum absolute atomic E-state index is 0.266. The Morgan fingerprint density at radius 3 is 2.45 bits per heavy atom. The van der Waals surface area contributed by atoms with Crippen molar-refractivity contribution in [2.24, 2.45) is 0 Å². The maximum absolute atomic E-state index is 8.83. The van der Waals surface area contributed by atoms with Gasteiger partial charge in [0.15, 0.2) is 0 Å². The standard InChI is InChI=1S/C20H18N2/c1-15(22-14-17-11-9-16(13-21)10-12-17)19-8-4-6-18-5-2-3-7-20(18)19/h2-12,15,22H,14H2,1H3/t15-/m0/s1. The first kappa shape index (κ1) is 14.3. The number of nitrogens with zero attached hydrogens (tertiary/aromatic N) is 1. The Bertz CT molecular complexity index is 808. The van der Waals surface area contributed by atoms with Crippen molar-refractivity contribution in [1.82, 2.24) is 5.32 Å². The number of nitrogens with one attached hydrogen (secondary N) is 1. The van der Waals surface area contributed by atoms with Gasteiger partial charge in [-0.1, -0.05) is 54.6 Å². The van der Waals surface area contributed by atoms with Crippen LogP contribution in [0.1, 0.15) is 29.7 Å². The lowest BCUT2D eigenvalue weighted by Crippen LogP contribution is -2.18. The summed E-state index contributed by atoms with van der Waals surface area (Å²) in [6.45, 7) is 2.97. The van der Waals surface area contributed by atoms with E-state index in [0.29, 0.717) is 5.56 Å². The molecule has 1 N–H and O–H groups in total. The molecule has 1 atom stereocenters. The van der Waals surface area contributed by atoms with Gasteiger partial charge in [-0.25, -0.2) is 0 Å². The van der Waals surface area contributed by atoms with Gasteiger partial charge in [0.2, 0.25) is 0 Å². The topological polar surface area (TPSA) is 35.8 Å². The number of fused-ring (bicyclic) bond motifs is 1. The van der Waals surface area contributed by atoms with E-state index in [0.717, 1.165) is 6.54 Å². The van der Waals surface area contributed by atoms with Gasteiger partial charge in [-0.05, 0) is 41.0 Å². The quantitative estimate of drug-likeness (QED) is 0.763. The van der Waals surface area contributed by atoms with Crippen molar-refractivity contribution >= 4 is 10.8 Å². The zero-order valence-electron chi connectivity index (χ0n) is 12.6. The molecule has 2 heteroatoms. The molecule has 0 unspecified atom stereocenters. The van der Waals surface area contributed by atoms with Crippen LogP contribution in [0.3, 0.4) is 0 Å². The van der Waals surface area contributed by atoms with Crippen molar-refractivity contribution in [2.45, 2.75) is 19.5 Å². The van der Waals surface area contributed by atoms with Gasteiger partial charge in [0.05, 0.1) is 11.6 Å². The summed E-state index contributed by atoms with van der Waals surface area (Å²) in [5.74, 6) is 0. The van der Waals surface area contributed by atoms with Gasteiger partial charge in [-0.2, -0.15) is 5.26 Å². The Morgan fingerprint density at radius 1 is 0.955 bits per heavy atom. The molecule has 0 bridgehead atoms. The average Bonchev–Trinajstić information content (AvgIpc) is 2.59. The predicted octanol–water partition coefficient (Wildman–Crippen LogP) is 4.56. The lowest BCUT2D eigenvalue weighted by Gasteiger charge is -2.16. The molecule has 0 saturated heterocycles. The molecule has 0 radical (unpaired) electrons. The molecule has 3 rings (SSSR count). The second kappa shape index (κ2) is 6.43. The lowest BCUT2D eigenvalue weighted by molar-refractivity contribution is 0.578. The second-order valence-electron chi connectivity index (χ2n) is 5.48. The fraction of sp³-hybridized carbons (Fsp3) is 0.150. The largest absolute Gasteiger partial charge is 0.306 e. The fourth-order valence-electron chi connectivity index (χ4n) is 2.71. The lowest BCUT2D eigenvalue weighted by atomic mass is 9.99. The third kappa shape index (κ3) is 3.00. The van der Waals surface area contributed by atoms with Crippen LogP contribution in [-0.2, 0) is 6.54 Å². The van der Waals surface area contributed by atoms with Crippen LogP contribution in [0.2, 0.25) is 0 Å². The number of nitriles is 1. The van der Waals surface area contributed by atoms with Gasteiger partial charge in [0.25, 0.3) is 0 Å².